The summed E-state index contributed by atoms with van der Waals surface area (Å²) < 4.78 is 2.23. The molecule has 0 bridgehead atoms. The van der Waals surface area contributed by atoms with Gasteiger partial charge in [-0.3, -0.25) is 9.55 Å². The standard InChI is InChI=1S/C24H23N5S2/c1-15-7-9-18(10-8-15)29-22(21(27-23(29)30)20-6-4-5-11-25-20)19-14-16(2)28(17(19)3)24-26-12-13-31-24/h4-14,21-22H,1-3H3,(H,27,30)/t21-,22-/m0/s1. The van der Waals surface area contributed by atoms with E-state index in [1.54, 1.807) is 11.3 Å². The highest BCUT2D eigenvalue weighted by molar-refractivity contribution is 7.80. The lowest BCUT2D eigenvalue weighted by Gasteiger charge is -2.28. The van der Waals surface area contributed by atoms with Gasteiger partial charge in [-0.2, -0.15) is 0 Å². The number of hydrogen-bond acceptors (Lipinski definition) is 4. The van der Waals surface area contributed by atoms with E-state index in [1.807, 2.05) is 29.9 Å². The molecule has 1 aliphatic rings. The Morgan fingerprint density at radius 2 is 1.81 bits per heavy atom. The van der Waals surface area contributed by atoms with E-state index in [0.717, 1.165) is 22.2 Å². The number of nitrogens with one attached hydrogen (secondary N) is 1. The van der Waals surface area contributed by atoms with Crippen molar-refractivity contribution >= 4 is 34.4 Å². The molecule has 1 aliphatic heterocycles. The van der Waals surface area contributed by atoms with Gasteiger partial charge in [-0.05, 0) is 68.9 Å². The second kappa shape index (κ2) is 7.90. The highest BCUT2D eigenvalue weighted by Crippen LogP contribution is 2.43. The lowest BCUT2D eigenvalue weighted by atomic mass is 9.96. The van der Waals surface area contributed by atoms with Crippen LogP contribution in [0.5, 0.6) is 0 Å². The van der Waals surface area contributed by atoms with E-state index >= 15 is 0 Å². The number of hydrogen-bond donors (Lipinski definition) is 1. The molecule has 156 valence electrons. The molecule has 31 heavy (non-hydrogen) atoms. The van der Waals surface area contributed by atoms with E-state index < -0.39 is 0 Å². The van der Waals surface area contributed by atoms with Gasteiger partial charge in [-0.15, -0.1) is 11.3 Å². The summed E-state index contributed by atoms with van der Waals surface area (Å²) in [7, 11) is 0. The normalized spacial score (nSPS) is 18.4. The summed E-state index contributed by atoms with van der Waals surface area (Å²) in [5, 5.41) is 7.24. The summed E-state index contributed by atoms with van der Waals surface area (Å²) in [5.74, 6) is 0. The Hall–Kier alpha value is -3.03. The molecule has 1 saturated heterocycles. The van der Waals surface area contributed by atoms with Gasteiger partial charge in [0.15, 0.2) is 10.2 Å². The SMILES string of the molecule is Cc1ccc(N2C(=S)N[C@@H](c3ccccn3)[C@@H]2c2cc(C)n(-c3nccs3)c2C)cc1. The summed E-state index contributed by atoms with van der Waals surface area (Å²) in [6.45, 7) is 6.39. The molecule has 1 N–H and O–H groups in total. The largest absolute Gasteiger partial charge is 0.351 e. The highest BCUT2D eigenvalue weighted by Gasteiger charge is 2.42. The number of anilines is 1. The Morgan fingerprint density at radius 1 is 1.00 bits per heavy atom. The van der Waals surface area contributed by atoms with Gasteiger partial charge in [0.05, 0.1) is 17.8 Å². The second-order valence-corrected chi connectivity index (χ2v) is 9.07. The van der Waals surface area contributed by atoms with Gasteiger partial charge in [-0.1, -0.05) is 23.8 Å². The minimum Gasteiger partial charge on any atom is -0.351 e. The first-order valence-electron chi connectivity index (χ1n) is 10.2. The average Bonchev–Trinajstić information content (AvgIpc) is 3.47. The van der Waals surface area contributed by atoms with Crippen LogP contribution in [-0.4, -0.2) is 19.6 Å². The lowest BCUT2D eigenvalue weighted by molar-refractivity contribution is 0.565. The molecule has 7 heteroatoms. The third kappa shape index (κ3) is 3.43. The minimum atomic E-state index is -0.0553. The molecule has 0 spiro atoms. The van der Waals surface area contributed by atoms with Crippen molar-refractivity contribution in [1.82, 2.24) is 19.9 Å². The first-order chi connectivity index (χ1) is 15.0. The van der Waals surface area contributed by atoms with E-state index in [-0.39, 0.29) is 12.1 Å². The van der Waals surface area contributed by atoms with Crippen LogP contribution < -0.4 is 10.2 Å². The van der Waals surface area contributed by atoms with Gasteiger partial charge in [0.1, 0.15) is 0 Å². The van der Waals surface area contributed by atoms with Crippen molar-refractivity contribution < 1.29 is 0 Å². The van der Waals surface area contributed by atoms with Gasteiger partial charge in [0, 0.05) is 34.8 Å². The number of benzene rings is 1. The molecular weight excluding hydrogens is 422 g/mol. The molecular formula is C24H23N5S2. The van der Waals surface area contributed by atoms with Crippen molar-refractivity contribution in [3.8, 4) is 5.13 Å². The Bertz CT molecular complexity index is 1210. The van der Waals surface area contributed by atoms with E-state index in [2.05, 4.69) is 81.9 Å². The van der Waals surface area contributed by atoms with Crippen LogP contribution in [0.2, 0.25) is 0 Å². The molecule has 3 aromatic heterocycles. The van der Waals surface area contributed by atoms with Gasteiger partial charge in [-0.25, -0.2) is 4.98 Å². The zero-order chi connectivity index (χ0) is 21.5. The number of thiocarbonyl (C=S) groups is 1. The fourth-order valence-corrected chi connectivity index (χ4v) is 5.46. The van der Waals surface area contributed by atoms with Crippen molar-refractivity contribution in [2.24, 2.45) is 0 Å². The number of aryl methyl sites for hydroxylation is 2. The summed E-state index contributed by atoms with van der Waals surface area (Å²) in [6.07, 6.45) is 3.69. The van der Waals surface area contributed by atoms with Crippen LogP contribution in [0, 0.1) is 20.8 Å². The Kier molecular flexibility index (Phi) is 5.08. The van der Waals surface area contributed by atoms with E-state index in [1.165, 1.54) is 16.8 Å². The summed E-state index contributed by atoms with van der Waals surface area (Å²) in [4.78, 5) is 11.4. The summed E-state index contributed by atoms with van der Waals surface area (Å²) >= 11 is 7.48. The molecule has 2 atom stereocenters. The molecule has 5 rings (SSSR count). The first-order valence-corrected chi connectivity index (χ1v) is 11.5. The van der Waals surface area contributed by atoms with Crippen LogP contribution in [0.15, 0.2) is 66.3 Å². The molecule has 0 aliphatic carbocycles. The predicted octanol–water partition coefficient (Wildman–Crippen LogP) is 5.43. The van der Waals surface area contributed by atoms with Crippen LogP contribution in [-0.2, 0) is 0 Å². The molecule has 4 heterocycles. The fourth-order valence-electron chi connectivity index (χ4n) is 4.36. The lowest BCUT2D eigenvalue weighted by Crippen LogP contribution is -2.29. The van der Waals surface area contributed by atoms with Crippen LogP contribution in [0.4, 0.5) is 5.69 Å². The smallest absolute Gasteiger partial charge is 0.193 e. The zero-order valence-electron chi connectivity index (χ0n) is 17.6. The molecule has 1 fully saturated rings. The molecule has 0 saturated carbocycles. The Balaban J connectivity index is 1.68. The van der Waals surface area contributed by atoms with Crippen LogP contribution in [0.1, 0.15) is 40.3 Å². The van der Waals surface area contributed by atoms with Gasteiger partial charge in [0.25, 0.3) is 0 Å². The molecule has 0 unspecified atom stereocenters. The maximum absolute atomic E-state index is 5.84. The van der Waals surface area contributed by atoms with Crippen LogP contribution in [0.25, 0.3) is 5.13 Å². The second-order valence-electron chi connectivity index (χ2n) is 7.81. The summed E-state index contributed by atoms with van der Waals surface area (Å²) in [6, 6.07) is 16.7. The third-order valence-electron chi connectivity index (χ3n) is 5.81. The Morgan fingerprint density at radius 3 is 2.48 bits per heavy atom. The third-order valence-corrected chi connectivity index (χ3v) is 6.88. The van der Waals surface area contributed by atoms with E-state index in [4.69, 9.17) is 12.2 Å². The van der Waals surface area contributed by atoms with Crippen LogP contribution in [0.3, 0.4) is 0 Å². The molecule has 0 amide bonds. The van der Waals surface area contributed by atoms with Gasteiger partial charge >= 0.3 is 0 Å². The minimum absolute atomic E-state index is 0.0231. The topological polar surface area (TPSA) is 46.0 Å². The molecule has 1 aromatic carbocycles. The highest BCUT2D eigenvalue weighted by atomic mass is 32.1. The van der Waals surface area contributed by atoms with Crippen molar-refractivity contribution in [3.63, 3.8) is 0 Å². The number of pyridine rings is 1. The predicted molar refractivity (Wildman–Crippen MR) is 130 cm³/mol. The summed E-state index contributed by atoms with van der Waals surface area (Å²) in [5.41, 5.74) is 6.82. The Labute approximate surface area is 191 Å². The van der Waals surface area contributed by atoms with E-state index in [9.17, 15) is 0 Å². The number of aromatic nitrogens is 3. The number of thiazole rings is 1. The van der Waals surface area contributed by atoms with Gasteiger partial charge < -0.3 is 10.2 Å². The zero-order valence-corrected chi connectivity index (χ0v) is 19.2. The van der Waals surface area contributed by atoms with Crippen molar-refractivity contribution in [2.75, 3.05) is 4.90 Å². The fraction of sp³-hybridized carbons (Fsp3) is 0.208. The quantitative estimate of drug-likeness (QED) is 0.424. The molecule has 5 nitrogen and oxygen atoms in total. The number of rotatable bonds is 4. The van der Waals surface area contributed by atoms with E-state index in [0.29, 0.717) is 5.11 Å². The number of nitrogens with zero attached hydrogens (tertiary/aromatic N) is 4. The van der Waals surface area contributed by atoms with Gasteiger partial charge in [0.2, 0.25) is 0 Å². The monoisotopic (exact) mass is 445 g/mol. The maximum Gasteiger partial charge on any atom is 0.193 e. The molecule has 4 aromatic rings. The maximum atomic E-state index is 5.84. The average molecular weight is 446 g/mol. The molecule has 0 radical (unpaired) electrons. The van der Waals surface area contributed by atoms with Crippen molar-refractivity contribution in [3.05, 3.63) is 94.5 Å². The van der Waals surface area contributed by atoms with Crippen molar-refractivity contribution in [1.29, 1.82) is 0 Å². The van der Waals surface area contributed by atoms with Crippen molar-refractivity contribution in [2.45, 2.75) is 32.9 Å². The van der Waals surface area contributed by atoms with Crippen LogP contribution >= 0.6 is 23.6 Å². The first kappa shape index (κ1) is 19.9.